The molecule has 0 radical (unpaired) electrons. The Morgan fingerprint density at radius 1 is 0.462 bits per heavy atom. The molecular weight excluding hydrogens is 494 g/mol. The topological polar surface area (TPSA) is 16.4 Å². The van der Waals surface area contributed by atoms with Crippen molar-refractivity contribution in [3.8, 4) is 11.1 Å². The SMILES string of the molecule is c1ccc(N(c2ccc(-c3cccc4c3sc3ccccc34)cc2)c2ccc3oc4ccccc4c3c2)cc1. The van der Waals surface area contributed by atoms with Gasteiger partial charge in [-0.3, -0.25) is 0 Å². The first-order valence-corrected chi connectivity index (χ1v) is 13.9. The van der Waals surface area contributed by atoms with Crippen LogP contribution < -0.4 is 4.90 Å². The van der Waals surface area contributed by atoms with E-state index in [-0.39, 0.29) is 0 Å². The van der Waals surface area contributed by atoms with Crippen molar-refractivity contribution in [1.29, 1.82) is 0 Å². The van der Waals surface area contributed by atoms with Gasteiger partial charge >= 0.3 is 0 Å². The predicted molar refractivity (Wildman–Crippen MR) is 167 cm³/mol. The highest BCUT2D eigenvalue weighted by Gasteiger charge is 2.16. The number of rotatable bonds is 4. The summed E-state index contributed by atoms with van der Waals surface area (Å²) >= 11 is 1.87. The summed E-state index contributed by atoms with van der Waals surface area (Å²) in [5, 5.41) is 4.91. The lowest BCUT2D eigenvalue weighted by atomic mass is 10.0. The van der Waals surface area contributed by atoms with Crippen molar-refractivity contribution in [2.75, 3.05) is 4.90 Å². The zero-order valence-corrected chi connectivity index (χ0v) is 21.9. The van der Waals surface area contributed by atoms with E-state index in [0.29, 0.717) is 0 Å². The van der Waals surface area contributed by atoms with E-state index in [1.807, 2.05) is 23.5 Å². The maximum atomic E-state index is 6.10. The average molecular weight is 518 g/mol. The summed E-state index contributed by atoms with van der Waals surface area (Å²) in [5.41, 5.74) is 7.64. The molecule has 0 fully saturated rings. The second-order valence-electron chi connectivity index (χ2n) is 9.78. The number of para-hydroxylation sites is 2. The van der Waals surface area contributed by atoms with Crippen LogP contribution in [0.3, 0.4) is 0 Å². The van der Waals surface area contributed by atoms with Crippen LogP contribution in [0.5, 0.6) is 0 Å². The summed E-state index contributed by atoms with van der Waals surface area (Å²) in [6.45, 7) is 0. The van der Waals surface area contributed by atoms with Gasteiger partial charge in [0.2, 0.25) is 0 Å². The molecule has 0 atom stereocenters. The van der Waals surface area contributed by atoms with E-state index in [1.54, 1.807) is 0 Å². The first kappa shape index (κ1) is 22.2. The van der Waals surface area contributed by atoms with Crippen LogP contribution in [0, 0.1) is 0 Å². The average Bonchev–Trinajstić information content (AvgIpc) is 3.57. The Morgan fingerprint density at radius 3 is 2.00 bits per heavy atom. The highest BCUT2D eigenvalue weighted by Crippen LogP contribution is 2.42. The van der Waals surface area contributed by atoms with Crippen molar-refractivity contribution in [2.45, 2.75) is 0 Å². The molecule has 184 valence electrons. The summed E-state index contributed by atoms with van der Waals surface area (Å²) in [4.78, 5) is 2.31. The van der Waals surface area contributed by atoms with Crippen molar-refractivity contribution in [2.24, 2.45) is 0 Å². The molecule has 8 rings (SSSR count). The molecule has 2 nitrogen and oxygen atoms in total. The standard InChI is InChI=1S/C36H23NOS/c1-2-9-25(10-3-1)37(27-21-22-34-32(23-27)29-11-4-6-15-33(29)38-34)26-19-17-24(18-20-26)28-13-8-14-31-30-12-5-7-16-35(30)39-36(28)31/h1-23H. The molecule has 0 spiro atoms. The van der Waals surface area contributed by atoms with Crippen LogP contribution in [0.4, 0.5) is 17.1 Å². The van der Waals surface area contributed by atoms with E-state index in [1.165, 1.54) is 31.3 Å². The van der Waals surface area contributed by atoms with Crippen molar-refractivity contribution in [3.63, 3.8) is 0 Å². The Balaban J connectivity index is 1.26. The zero-order valence-electron chi connectivity index (χ0n) is 21.0. The highest BCUT2D eigenvalue weighted by molar-refractivity contribution is 7.26. The molecule has 6 aromatic carbocycles. The third kappa shape index (κ3) is 3.63. The van der Waals surface area contributed by atoms with E-state index in [4.69, 9.17) is 4.42 Å². The molecule has 8 aromatic rings. The van der Waals surface area contributed by atoms with E-state index in [0.717, 1.165) is 39.0 Å². The zero-order chi connectivity index (χ0) is 25.8. The Kier molecular flexibility index (Phi) is 5.04. The van der Waals surface area contributed by atoms with Crippen LogP contribution in [0.1, 0.15) is 0 Å². The normalized spacial score (nSPS) is 11.6. The Bertz CT molecular complexity index is 2120. The molecule has 2 aromatic heterocycles. The maximum absolute atomic E-state index is 6.10. The predicted octanol–water partition coefficient (Wildman–Crippen LogP) is 11.1. The number of furan rings is 1. The monoisotopic (exact) mass is 517 g/mol. The first-order valence-electron chi connectivity index (χ1n) is 13.1. The summed E-state index contributed by atoms with van der Waals surface area (Å²) in [5.74, 6) is 0. The molecule has 0 bridgehead atoms. The quantitative estimate of drug-likeness (QED) is 0.231. The maximum Gasteiger partial charge on any atom is 0.135 e. The lowest BCUT2D eigenvalue weighted by molar-refractivity contribution is 0.669. The van der Waals surface area contributed by atoms with E-state index < -0.39 is 0 Å². The minimum absolute atomic E-state index is 0.903. The molecule has 3 heteroatoms. The summed E-state index contributed by atoms with van der Waals surface area (Å²) in [6.07, 6.45) is 0. The summed E-state index contributed by atoms with van der Waals surface area (Å²) < 4.78 is 8.77. The van der Waals surface area contributed by atoms with Gasteiger partial charge in [-0.15, -0.1) is 11.3 Å². The lowest BCUT2D eigenvalue weighted by Crippen LogP contribution is -2.09. The number of thiophene rings is 1. The second-order valence-corrected chi connectivity index (χ2v) is 10.8. The van der Waals surface area contributed by atoms with Gasteiger partial charge in [0, 0.05) is 48.0 Å². The molecule has 0 aliphatic carbocycles. The fourth-order valence-corrected chi connectivity index (χ4v) is 6.88. The molecule has 0 saturated carbocycles. The Morgan fingerprint density at radius 2 is 1.13 bits per heavy atom. The number of fused-ring (bicyclic) bond motifs is 6. The van der Waals surface area contributed by atoms with E-state index in [2.05, 4.69) is 132 Å². The highest BCUT2D eigenvalue weighted by atomic mass is 32.1. The number of anilines is 3. The summed E-state index contributed by atoms with van der Waals surface area (Å²) in [6, 6.07) is 49.5. The Labute approximate surface area is 230 Å². The van der Waals surface area contributed by atoms with Crippen LogP contribution in [0.2, 0.25) is 0 Å². The number of hydrogen-bond acceptors (Lipinski definition) is 3. The minimum atomic E-state index is 0.903. The molecular formula is C36H23NOS. The fraction of sp³-hybridized carbons (Fsp3) is 0. The molecule has 0 aliphatic heterocycles. The Hall–Kier alpha value is -4.86. The van der Waals surface area contributed by atoms with Gasteiger partial charge in [-0.25, -0.2) is 0 Å². The lowest BCUT2D eigenvalue weighted by Gasteiger charge is -2.25. The first-order chi connectivity index (χ1) is 19.3. The summed E-state index contributed by atoms with van der Waals surface area (Å²) in [7, 11) is 0. The third-order valence-corrected chi connectivity index (χ3v) is 8.69. The van der Waals surface area contributed by atoms with Gasteiger partial charge in [-0.05, 0) is 65.7 Å². The molecule has 0 N–H and O–H groups in total. The number of hydrogen-bond donors (Lipinski definition) is 0. The number of nitrogens with zero attached hydrogens (tertiary/aromatic N) is 1. The largest absolute Gasteiger partial charge is 0.456 e. The van der Waals surface area contributed by atoms with Gasteiger partial charge in [-0.1, -0.05) is 84.9 Å². The van der Waals surface area contributed by atoms with Crippen LogP contribution in [-0.2, 0) is 0 Å². The van der Waals surface area contributed by atoms with E-state index in [9.17, 15) is 0 Å². The molecule has 0 saturated heterocycles. The minimum Gasteiger partial charge on any atom is -0.456 e. The van der Waals surface area contributed by atoms with Crippen LogP contribution in [0.25, 0.3) is 53.2 Å². The molecule has 39 heavy (non-hydrogen) atoms. The smallest absolute Gasteiger partial charge is 0.135 e. The van der Waals surface area contributed by atoms with E-state index >= 15 is 0 Å². The second kappa shape index (κ2) is 8.87. The van der Waals surface area contributed by atoms with Gasteiger partial charge in [0.15, 0.2) is 0 Å². The van der Waals surface area contributed by atoms with Crippen LogP contribution in [0.15, 0.2) is 144 Å². The van der Waals surface area contributed by atoms with Gasteiger partial charge in [-0.2, -0.15) is 0 Å². The van der Waals surface area contributed by atoms with Crippen molar-refractivity contribution in [1.82, 2.24) is 0 Å². The van der Waals surface area contributed by atoms with Gasteiger partial charge < -0.3 is 9.32 Å². The molecule has 2 heterocycles. The third-order valence-electron chi connectivity index (χ3n) is 7.47. The van der Waals surface area contributed by atoms with Crippen molar-refractivity contribution < 1.29 is 4.42 Å². The van der Waals surface area contributed by atoms with Gasteiger partial charge in [0.1, 0.15) is 11.2 Å². The van der Waals surface area contributed by atoms with Crippen LogP contribution >= 0.6 is 11.3 Å². The van der Waals surface area contributed by atoms with Crippen molar-refractivity contribution in [3.05, 3.63) is 140 Å². The molecule has 0 aliphatic rings. The molecule has 0 unspecified atom stereocenters. The molecule has 0 amide bonds. The van der Waals surface area contributed by atoms with Gasteiger partial charge in [0.25, 0.3) is 0 Å². The van der Waals surface area contributed by atoms with Crippen molar-refractivity contribution >= 4 is 70.5 Å². The van der Waals surface area contributed by atoms with Crippen LogP contribution in [-0.4, -0.2) is 0 Å². The van der Waals surface area contributed by atoms with Gasteiger partial charge in [0.05, 0.1) is 0 Å². The number of benzene rings is 6. The fourth-order valence-electron chi connectivity index (χ4n) is 5.64.